The van der Waals surface area contributed by atoms with Gasteiger partial charge in [-0.3, -0.25) is 4.98 Å². The van der Waals surface area contributed by atoms with Gasteiger partial charge in [-0.15, -0.1) is 0 Å². The standard InChI is InChI=1S/C8H6BrF2NO3/c1-15-3-2-12-6(7(10)11)4(5(3)9)8(13)14/h2,7H,1H3,(H,13,14). The summed E-state index contributed by atoms with van der Waals surface area (Å²) in [5.74, 6) is -1.39. The van der Waals surface area contributed by atoms with E-state index in [1.54, 1.807) is 0 Å². The highest BCUT2D eigenvalue weighted by Gasteiger charge is 2.24. The van der Waals surface area contributed by atoms with Gasteiger partial charge in [-0.2, -0.15) is 0 Å². The van der Waals surface area contributed by atoms with Crippen LogP contribution in [0.1, 0.15) is 22.5 Å². The second kappa shape index (κ2) is 4.52. The Morgan fingerprint density at radius 2 is 2.27 bits per heavy atom. The van der Waals surface area contributed by atoms with Gasteiger partial charge < -0.3 is 9.84 Å². The van der Waals surface area contributed by atoms with Gasteiger partial charge in [-0.1, -0.05) is 0 Å². The number of alkyl halides is 2. The van der Waals surface area contributed by atoms with Crippen molar-refractivity contribution in [3.05, 3.63) is 21.9 Å². The highest BCUT2D eigenvalue weighted by atomic mass is 79.9. The van der Waals surface area contributed by atoms with E-state index in [9.17, 15) is 13.6 Å². The Morgan fingerprint density at radius 3 is 2.67 bits per heavy atom. The first-order chi connectivity index (χ1) is 6.99. The number of ether oxygens (including phenoxy) is 1. The van der Waals surface area contributed by atoms with E-state index >= 15 is 0 Å². The number of methoxy groups -OCH3 is 1. The summed E-state index contributed by atoms with van der Waals surface area (Å²) in [6.07, 6.45) is -1.91. The summed E-state index contributed by atoms with van der Waals surface area (Å²) in [7, 11) is 1.29. The van der Waals surface area contributed by atoms with Crippen LogP contribution < -0.4 is 4.74 Å². The molecule has 1 aromatic heterocycles. The van der Waals surface area contributed by atoms with Crippen LogP contribution in [0, 0.1) is 0 Å². The molecule has 0 bridgehead atoms. The number of aromatic carboxylic acids is 1. The molecule has 0 aromatic carbocycles. The van der Waals surface area contributed by atoms with Gasteiger partial charge in [0.15, 0.2) is 5.75 Å². The Balaban J connectivity index is 3.44. The lowest BCUT2D eigenvalue weighted by atomic mass is 10.2. The molecule has 1 aromatic rings. The van der Waals surface area contributed by atoms with E-state index in [4.69, 9.17) is 9.84 Å². The smallest absolute Gasteiger partial charge is 0.339 e. The highest BCUT2D eigenvalue weighted by molar-refractivity contribution is 9.10. The molecule has 0 radical (unpaired) electrons. The summed E-state index contributed by atoms with van der Waals surface area (Å²) in [6.45, 7) is 0. The molecule has 1 rings (SSSR count). The van der Waals surface area contributed by atoms with Crippen LogP contribution in [0.5, 0.6) is 5.75 Å². The van der Waals surface area contributed by atoms with Crippen molar-refractivity contribution in [3.8, 4) is 5.75 Å². The predicted octanol–water partition coefficient (Wildman–Crippen LogP) is 2.49. The third-order valence-corrected chi connectivity index (χ3v) is 2.44. The number of pyridine rings is 1. The van der Waals surface area contributed by atoms with E-state index in [-0.39, 0.29) is 10.2 Å². The van der Waals surface area contributed by atoms with Gasteiger partial charge in [0, 0.05) is 0 Å². The maximum absolute atomic E-state index is 12.4. The molecular formula is C8H6BrF2NO3. The SMILES string of the molecule is COc1cnc(C(F)F)c(C(=O)O)c1Br. The fraction of sp³-hybridized carbons (Fsp3) is 0.250. The van der Waals surface area contributed by atoms with Crippen LogP contribution in [-0.2, 0) is 0 Å². The number of carbonyl (C=O) groups is 1. The summed E-state index contributed by atoms with van der Waals surface area (Å²) >= 11 is 2.88. The Bertz CT molecular complexity index is 398. The van der Waals surface area contributed by atoms with Crippen molar-refractivity contribution in [1.82, 2.24) is 4.98 Å². The molecule has 0 saturated carbocycles. The van der Waals surface area contributed by atoms with Gasteiger partial charge in [0.1, 0.15) is 11.3 Å². The average molecular weight is 282 g/mol. The Labute approximate surface area is 92.0 Å². The molecule has 7 heteroatoms. The van der Waals surface area contributed by atoms with Crippen molar-refractivity contribution in [2.24, 2.45) is 0 Å². The predicted molar refractivity (Wildman–Crippen MR) is 50.4 cm³/mol. The van der Waals surface area contributed by atoms with Gasteiger partial charge in [-0.25, -0.2) is 13.6 Å². The fourth-order valence-corrected chi connectivity index (χ4v) is 1.63. The quantitative estimate of drug-likeness (QED) is 0.925. The number of nitrogens with zero attached hydrogens (tertiary/aromatic N) is 1. The molecule has 15 heavy (non-hydrogen) atoms. The van der Waals surface area contributed by atoms with Crippen molar-refractivity contribution in [2.45, 2.75) is 6.43 Å². The van der Waals surface area contributed by atoms with Crippen LogP contribution in [0.2, 0.25) is 0 Å². The van der Waals surface area contributed by atoms with Crippen LogP contribution in [0.4, 0.5) is 8.78 Å². The fourth-order valence-electron chi connectivity index (χ4n) is 0.996. The molecular weight excluding hydrogens is 276 g/mol. The van der Waals surface area contributed by atoms with Crippen molar-refractivity contribution in [3.63, 3.8) is 0 Å². The van der Waals surface area contributed by atoms with Crippen LogP contribution in [0.15, 0.2) is 10.7 Å². The molecule has 82 valence electrons. The van der Waals surface area contributed by atoms with E-state index in [0.29, 0.717) is 0 Å². The maximum Gasteiger partial charge on any atom is 0.339 e. The van der Waals surface area contributed by atoms with E-state index in [1.165, 1.54) is 7.11 Å². The minimum absolute atomic E-state index is 0.0391. The second-order valence-corrected chi connectivity index (χ2v) is 3.30. The van der Waals surface area contributed by atoms with E-state index in [1.807, 2.05) is 0 Å². The van der Waals surface area contributed by atoms with Gasteiger partial charge in [0.25, 0.3) is 6.43 Å². The molecule has 4 nitrogen and oxygen atoms in total. The lowest BCUT2D eigenvalue weighted by Crippen LogP contribution is -2.07. The Kier molecular flexibility index (Phi) is 3.57. The van der Waals surface area contributed by atoms with Crippen LogP contribution in [0.3, 0.4) is 0 Å². The highest BCUT2D eigenvalue weighted by Crippen LogP contribution is 2.33. The monoisotopic (exact) mass is 281 g/mol. The summed E-state index contributed by atoms with van der Waals surface area (Å²) in [5.41, 5.74) is -1.36. The third-order valence-electron chi connectivity index (χ3n) is 1.65. The molecule has 1 heterocycles. The zero-order valence-corrected chi connectivity index (χ0v) is 9.09. The lowest BCUT2D eigenvalue weighted by Gasteiger charge is -2.09. The summed E-state index contributed by atoms with van der Waals surface area (Å²) < 4.78 is 29.5. The van der Waals surface area contributed by atoms with Crippen molar-refractivity contribution < 1.29 is 23.4 Å². The van der Waals surface area contributed by atoms with Gasteiger partial charge in [0.05, 0.1) is 17.8 Å². The minimum Gasteiger partial charge on any atom is -0.494 e. The van der Waals surface area contributed by atoms with Crippen LogP contribution >= 0.6 is 15.9 Å². The van der Waals surface area contributed by atoms with Crippen LogP contribution in [0.25, 0.3) is 0 Å². The number of aromatic nitrogens is 1. The normalized spacial score (nSPS) is 10.5. The first-order valence-corrected chi connectivity index (χ1v) is 4.52. The largest absolute Gasteiger partial charge is 0.494 e. The number of carboxylic acids is 1. The van der Waals surface area contributed by atoms with Gasteiger partial charge >= 0.3 is 5.97 Å². The van der Waals surface area contributed by atoms with E-state index in [0.717, 1.165) is 6.20 Å². The molecule has 0 amide bonds. The van der Waals surface area contributed by atoms with E-state index < -0.39 is 23.7 Å². The molecule has 0 atom stereocenters. The van der Waals surface area contributed by atoms with Crippen LogP contribution in [-0.4, -0.2) is 23.2 Å². The Hall–Kier alpha value is -1.24. The molecule has 0 aliphatic heterocycles. The number of halogens is 3. The van der Waals surface area contributed by atoms with Gasteiger partial charge in [-0.05, 0) is 15.9 Å². The average Bonchev–Trinajstić information content (AvgIpc) is 2.16. The zero-order chi connectivity index (χ0) is 11.6. The first kappa shape index (κ1) is 11.8. The molecule has 0 aliphatic carbocycles. The van der Waals surface area contributed by atoms with E-state index in [2.05, 4.69) is 20.9 Å². The summed E-state index contributed by atoms with van der Waals surface area (Å²) in [5, 5.41) is 8.76. The maximum atomic E-state index is 12.4. The van der Waals surface area contributed by atoms with Crippen molar-refractivity contribution in [2.75, 3.05) is 7.11 Å². The molecule has 0 spiro atoms. The summed E-state index contributed by atoms with van der Waals surface area (Å²) in [4.78, 5) is 14.1. The second-order valence-electron chi connectivity index (χ2n) is 2.51. The van der Waals surface area contributed by atoms with Gasteiger partial charge in [0.2, 0.25) is 0 Å². The topological polar surface area (TPSA) is 59.4 Å². The number of carboxylic acid groups (broad SMARTS) is 1. The molecule has 1 N–H and O–H groups in total. The minimum atomic E-state index is -2.95. The van der Waals surface area contributed by atoms with Crippen molar-refractivity contribution >= 4 is 21.9 Å². The number of hydrogen-bond donors (Lipinski definition) is 1. The third kappa shape index (κ3) is 2.23. The lowest BCUT2D eigenvalue weighted by molar-refractivity contribution is 0.0680. The number of hydrogen-bond acceptors (Lipinski definition) is 3. The first-order valence-electron chi connectivity index (χ1n) is 3.72. The Morgan fingerprint density at radius 1 is 1.67 bits per heavy atom. The molecule has 0 saturated heterocycles. The molecule has 0 fully saturated rings. The molecule has 0 unspecified atom stereocenters. The molecule has 0 aliphatic rings. The van der Waals surface area contributed by atoms with Crippen molar-refractivity contribution in [1.29, 1.82) is 0 Å². The summed E-state index contributed by atoms with van der Waals surface area (Å²) in [6, 6.07) is 0. The number of rotatable bonds is 3. The zero-order valence-electron chi connectivity index (χ0n) is 7.50.